The van der Waals surface area contributed by atoms with Gasteiger partial charge in [-0.15, -0.1) is 0 Å². The lowest BCUT2D eigenvalue weighted by Crippen LogP contribution is -1.95. The highest BCUT2D eigenvalue weighted by atomic mass is 14.9. The van der Waals surface area contributed by atoms with Crippen molar-refractivity contribution in [1.82, 2.24) is 9.97 Å². The van der Waals surface area contributed by atoms with Gasteiger partial charge in [0, 0.05) is 30.2 Å². The summed E-state index contributed by atoms with van der Waals surface area (Å²) < 4.78 is 0. The Bertz CT molecular complexity index is 857. The summed E-state index contributed by atoms with van der Waals surface area (Å²) in [6, 6.07) is 4.15. The first-order valence-electron chi connectivity index (χ1n) is 9.51. The topological polar surface area (TPSA) is 37.8 Å². The van der Waals surface area contributed by atoms with E-state index in [1.54, 1.807) is 0 Å². The molecular weight excluding hydrogens is 318 g/mol. The maximum Gasteiger partial charge on any atom is 0.126 e. The normalized spacial score (nSPS) is 13.8. The van der Waals surface area contributed by atoms with E-state index in [4.69, 9.17) is 4.98 Å². The van der Waals surface area contributed by atoms with E-state index in [1.807, 2.05) is 25.5 Å². The average molecular weight is 350 g/mol. The summed E-state index contributed by atoms with van der Waals surface area (Å²) in [4.78, 5) is 9.14. The molecule has 0 aliphatic heterocycles. The molecule has 2 heterocycles. The summed E-state index contributed by atoms with van der Waals surface area (Å²) >= 11 is 0. The number of allylic oxidation sites excluding steroid dienone is 6. The van der Waals surface area contributed by atoms with Crippen molar-refractivity contribution in [2.75, 3.05) is 12.4 Å². The lowest BCUT2D eigenvalue weighted by atomic mass is 9.95. The molecule has 3 nitrogen and oxygen atoms in total. The number of hydrogen-bond donors (Lipinski definition) is 1. The van der Waals surface area contributed by atoms with E-state index in [0.29, 0.717) is 0 Å². The Hall–Kier alpha value is -2.42. The van der Waals surface area contributed by atoms with Crippen molar-refractivity contribution in [2.45, 2.75) is 53.9 Å². The van der Waals surface area contributed by atoms with Gasteiger partial charge in [0.1, 0.15) is 5.82 Å². The van der Waals surface area contributed by atoms with Gasteiger partial charge < -0.3 is 5.32 Å². The van der Waals surface area contributed by atoms with Gasteiger partial charge in [-0.1, -0.05) is 38.0 Å². The summed E-state index contributed by atoms with van der Waals surface area (Å²) in [5.74, 6) is 0.860. The van der Waals surface area contributed by atoms with Crippen molar-refractivity contribution in [1.29, 1.82) is 0 Å². The van der Waals surface area contributed by atoms with Gasteiger partial charge in [0.25, 0.3) is 0 Å². The van der Waals surface area contributed by atoms with Crippen LogP contribution in [0, 0.1) is 0 Å². The van der Waals surface area contributed by atoms with Crippen LogP contribution in [0.5, 0.6) is 0 Å². The molecular formula is C23H31N3. The number of fused-ring (bicyclic) bond motifs is 1. The van der Waals surface area contributed by atoms with Crippen LogP contribution in [0.3, 0.4) is 0 Å². The van der Waals surface area contributed by atoms with E-state index < -0.39 is 0 Å². The number of nitrogens with zero attached hydrogens (tertiary/aromatic N) is 2. The summed E-state index contributed by atoms with van der Waals surface area (Å²) in [5.41, 5.74) is 6.36. The molecule has 0 aliphatic rings. The quantitative estimate of drug-likeness (QED) is 0.576. The number of anilines is 1. The standard InChI is InChI=1S/C23H31N3/c1-7-10-18(16(4)8-2)11-17(5)21(9-3)22-12-19-15-26-23(24-6)13-20(19)14-25-22/h9,11-15H,7-8,10H2,1-6H3,(H,24,26)/b17-11-,18-16+,21-9+. The Balaban J connectivity index is 2.44. The fraction of sp³-hybridized carbons (Fsp3) is 0.391. The van der Waals surface area contributed by atoms with E-state index >= 15 is 0 Å². The molecule has 0 saturated heterocycles. The zero-order valence-corrected chi connectivity index (χ0v) is 17.0. The molecule has 26 heavy (non-hydrogen) atoms. The minimum atomic E-state index is 0.860. The maximum atomic E-state index is 4.71. The average Bonchev–Trinajstić information content (AvgIpc) is 2.67. The van der Waals surface area contributed by atoms with Crippen molar-refractivity contribution in [3.63, 3.8) is 0 Å². The van der Waals surface area contributed by atoms with Gasteiger partial charge in [0.05, 0.1) is 5.69 Å². The molecule has 1 N–H and O–H groups in total. The molecule has 2 aromatic rings. The molecule has 0 aliphatic carbocycles. The molecule has 0 fully saturated rings. The van der Waals surface area contributed by atoms with E-state index in [9.17, 15) is 0 Å². The lowest BCUT2D eigenvalue weighted by Gasteiger charge is -2.12. The van der Waals surface area contributed by atoms with E-state index in [0.717, 1.165) is 41.5 Å². The minimum Gasteiger partial charge on any atom is -0.373 e. The van der Waals surface area contributed by atoms with Gasteiger partial charge in [-0.05, 0) is 62.5 Å². The maximum absolute atomic E-state index is 4.71. The molecule has 2 aromatic heterocycles. The van der Waals surface area contributed by atoms with Gasteiger partial charge in [0.15, 0.2) is 0 Å². The molecule has 2 rings (SSSR count). The SMILES string of the molecule is C\C=C(/C(C)=C\C(CCC)=C(/C)CC)c1cc2cnc(NC)cc2cn1. The third-order valence-electron chi connectivity index (χ3n) is 4.84. The predicted octanol–water partition coefficient (Wildman–Crippen LogP) is 6.55. The number of nitrogens with one attached hydrogen (secondary N) is 1. The van der Waals surface area contributed by atoms with Crippen molar-refractivity contribution in [2.24, 2.45) is 0 Å². The first kappa shape index (κ1) is 19.9. The Morgan fingerprint density at radius 3 is 2.38 bits per heavy atom. The second-order valence-corrected chi connectivity index (χ2v) is 6.68. The van der Waals surface area contributed by atoms with Crippen molar-refractivity contribution in [3.8, 4) is 0 Å². The number of aromatic nitrogens is 2. The second-order valence-electron chi connectivity index (χ2n) is 6.68. The first-order valence-corrected chi connectivity index (χ1v) is 9.51. The fourth-order valence-electron chi connectivity index (χ4n) is 3.14. The smallest absolute Gasteiger partial charge is 0.126 e. The number of hydrogen-bond acceptors (Lipinski definition) is 3. The van der Waals surface area contributed by atoms with E-state index in [-0.39, 0.29) is 0 Å². The van der Waals surface area contributed by atoms with Gasteiger partial charge >= 0.3 is 0 Å². The third-order valence-corrected chi connectivity index (χ3v) is 4.84. The van der Waals surface area contributed by atoms with Crippen LogP contribution in [-0.2, 0) is 0 Å². The largest absolute Gasteiger partial charge is 0.373 e. The molecule has 0 radical (unpaired) electrons. The molecule has 0 spiro atoms. The fourth-order valence-corrected chi connectivity index (χ4v) is 3.14. The van der Waals surface area contributed by atoms with Crippen LogP contribution in [0.2, 0.25) is 0 Å². The van der Waals surface area contributed by atoms with Gasteiger partial charge in [-0.25, -0.2) is 4.98 Å². The zero-order chi connectivity index (χ0) is 19.1. The second kappa shape index (κ2) is 9.33. The van der Waals surface area contributed by atoms with Crippen molar-refractivity contribution >= 4 is 22.2 Å². The molecule has 0 bridgehead atoms. The first-order chi connectivity index (χ1) is 12.5. The minimum absolute atomic E-state index is 0.860. The van der Waals surface area contributed by atoms with Crippen LogP contribution in [0.25, 0.3) is 16.3 Å². The molecule has 0 atom stereocenters. The highest BCUT2D eigenvalue weighted by Gasteiger charge is 2.08. The molecule has 0 amide bonds. The molecule has 3 heteroatoms. The van der Waals surface area contributed by atoms with E-state index in [2.05, 4.69) is 63.1 Å². The molecule has 0 aromatic carbocycles. The summed E-state index contributed by atoms with van der Waals surface area (Å²) in [6.45, 7) is 11.0. The van der Waals surface area contributed by atoms with Crippen molar-refractivity contribution < 1.29 is 0 Å². The molecule has 0 saturated carbocycles. The third kappa shape index (κ3) is 4.60. The van der Waals surface area contributed by atoms with Crippen LogP contribution in [0.1, 0.15) is 59.6 Å². The summed E-state index contributed by atoms with van der Waals surface area (Å²) in [6.07, 6.45) is 11.7. The Morgan fingerprint density at radius 2 is 1.77 bits per heavy atom. The molecule has 138 valence electrons. The lowest BCUT2D eigenvalue weighted by molar-refractivity contribution is 0.895. The summed E-state index contributed by atoms with van der Waals surface area (Å²) in [5, 5.41) is 5.27. The Labute approximate surface area is 158 Å². The number of pyridine rings is 2. The monoisotopic (exact) mass is 349 g/mol. The molecule has 0 unspecified atom stereocenters. The van der Waals surface area contributed by atoms with Crippen LogP contribution in [0.15, 0.2) is 53.4 Å². The van der Waals surface area contributed by atoms with Crippen LogP contribution in [-0.4, -0.2) is 17.0 Å². The summed E-state index contributed by atoms with van der Waals surface area (Å²) in [7, 11) is 1.88. The predicted molar refractivity (Wildman–Crippen MR) is 114 cm³/mol. The van der Waals surface area contributed by atoms with Gasteiger partial charge in [-0.2, -0.15) is 0 Å². The van der Waals surface area contributed by atoms with E-state index in [1.165, 1.54) is 22.3 Å². The van der Waals surface area contributed by atoms with Crippen LogP contribution < -0.4 is 5.32 Å². The Kier molecular flexibility index (Phi) is 7.14. The Morgan fingerprint density at radius 1 is 1.08 bits per heavy atom. The van der Waals surface area contributed by atoms with Gasteiger partial charge in [0.2, 0.25) is 0 Å². The highest BCUT2D eigenvalue weighted by Crippen LogP contribution is 2.27. The highest BCUT2D eigenvalue weighted by molar-refractivity contribution is 5.88. The number of rotatable bonds is 7. The van der Waals surface area contributed by atoms with Crippen molar-refractivity contribution in [3.05, 3.63) is 59.1 Å². The zero-order valence-electron chi connectivity index (χ0n) is 17.0. The van der Waals surface area contributed by atoms with Crippen LogP contribution >= 0.6 is 0 Å². The van der Waals surface area contributed by atoms with Gasteiger partial charge in [-0.3, -0.25) is 4.98 Å². The van der Waals surface area contributed by atoms with Crippen LogP contribution in [0.4, 0.5) is 5.82 Å².